The SMILES string of the molecule is CCc1ccc(-n2c(SCC(=O)NCc3ccc(Cl)cc3)nc3c(-c4ccccc4)cn(C)c3c2=O)cc1. The van der Waals surface area contributed by atoms with E-state index >= 15 is 0 Å². The number of amides is 1. The molecule has 0 unspecified atom stereocenters. The van der Waals surface area contributed by atoms with Crippen molar-refractivity contribution in [1.82, 2.24) is 19.4 Å². The number of hydrogen-bond acceptors (Lipinski definition) is 4. The van der Waals surface area contributed by atoms with Gasteiger partial charge in [-0.1, -0.05) is 84.9 Å². The highest BCUT2D eigenvalue weighted by molar-refractivity contribution is 7.99. The van der Waals surface area contributed by atoms with E-state index in [1.54, 1.807) is 16.7 Å². The van der Waals surface area contributed by atoms with Crippen molar-refractivity contribution in [3.8, 4) is 16.8 Å². The fourth-order valence-electron chi connectivity index (χ4n) is 4.34. The minimum Gasteiger partial charge on any atom is -0.351 e. The van der Waals surface area contributed by atoms with E-state index in [4.69, 9.17) is 16.6 Å². The number of aromatic nitrogens is 3. The summed E-state index contributed by atoms with van der Waals surface area (Å²) in [5, 5.41) is 4.05. The molecule has 0 radical (unpaired) electrons. The number of rotatable bonds is 8. The van der Waals surface area contributed by atoms with E-state index in [0.29, 0.717) is 33.4 Å². The molecule has 0 saturated carbocycles. The van der Waals surface area contributed by atoms with Gasteiger partial charge in [0, 0.05) is 30.4 Å². The zero-order valence-electron chi connectivity index (χ0n) is 21.1. The Morgan fingerprint density at radius 1 is 0.974 bits per heavy atom. The highest BCUT2D eigenvalue weighted by atomic mass is 35.5. The lowest BCUT2D eigenvalue weighted by molar-refractivity contribution is -0.118. The van der Waals surface area contributed by atoms with E-state index in [1.165, 1.54) is 17.3 Å². The van der Waals surface area contributed by atoms with Gasteiger partial charge in [0.1, 0.15) is 11.0 Å². The Hall–Kier alpha value is -3.81. The number of thioether (sulfide) groups is 1. The van der Waals surface area contributed by atoms with Gasteiger partial charge in [0.05, 0.1) is 11.4 Å². The van der Waals surface area contributed by atoms with Crippen molar-refractivity contribution in [3.05, 3.63) is 112 Å². The smallest absolute Gasteiger partial charge is 0.283 e. The zero-order chi connectivity index (χ0) is 26.6. The van der Waals surface area contributed by atoms with E-state index in [2.05, 4.69) is 12.2 Å². The maximum absolute atomic E-state index is 13.9. The summed E-state index contributed by atoms with van der Waals surface area (Å²) in [6.07, 6.45) is 2.84. The van der Waals surface area contributed by atoms with Gasteiger partial charge in [0.15, 0.2) is 5.16 Å². The van der Waals surface area contributed by atoms with Crippen LogP contribution < -0.4 is 10.9 Å². The van der Waals surface area contributed by atoms with Crippen LogP contribution in [0.25, 0.3) is 27.8 Å². The predicted octanol–water partition coefficient (Wildman–Crippen LogP) is 6.02. The molecule has 8 heteroatoms. The van der Waals surface area contributed by atoms with Gasteiger partial charge < -0.3 is 9.88 Å². The maximum atomic E-state index is 13.9. The third-order valence-electron chi connectivity index (χ3n) is 6.38. The molecule has 2 heterocycles. The summed E-state index contributed by atoms with van der Waals surface area (Å²) in [7, 11) is 1.86. The predicted molar refractivity (Wildman–Crippen MR) is 155 cm³/mol. The summed E-state index contributed by atoms with van der Waals surface area (Å²) in [4.78, 5) is 31.6. The highest BCUT2D eigenvalue weighted by Crippen LogP contribution is 2.30. The van der Waals surface area contributed by atoms with Crippen LogP contribution in [0.15, 0.2) is 95.0 Å². The molecule has 0 atom stereocenters. The number of benzene rings is 3. The number of nitrogens with zero attached hydrogens (tertiary/aromatic N) is 3. The minimum atomic E-state index is -0.173. The topological polar surface area (TPSA) is 68.9 Å². The van der Waals surface area contributed by atoms with Crippen LogP contribution in [0.2, 0.25) is 5.02 Å². The summed E-state index contributed by atoms with van der Waals surface area (Å²) in [6, 6.07) is 25.1. The summed E-state index contributed by atoms with van der Waals surface area (Å²) in [5.74, 6) is -0.0324. The van der Waals surface area contributed by atoms with Gasteiger partial charge in [-0.3, -0.25) is 14.2 Å². The average Bonchev–Trinajstić information content (AvgIpc) is 3.28. The molecule has 0 spiro atoms. The lowest BCUT2D eigenvalue weighted by Gasteiger charge is -2.14. The molecule has 0 fully saturated rings. The minimum absolute atomic E-state index is 0.117. The molecule has 0 aliphatic rings. The summed E-state index contributed by atoms with van der Waals surface area (Å²) < 4.78 is 3.44. The molecule has 0 aliphatic heterocycles. The van der Waals surface area contributed by atoms with Crippen LogP contribution in [0.3, 0.4) is 0 Å². The fourth-order valence-corrected chi connectivity index (χ4v) is 5.30. The van der Waals surface area contributed by atoms with Gasteiger partial charge in [0.2, 0.25) is 5.91 Å². The summed E-state index contributed by atoms with van der Waals surface area (Å²) >= 11 is 7.20. The number of halogens is 1. The zero-order valence-corrected chi connectivity index (χ0v) is 22.7. The van der Waals surface area contributed by atoms with E-state index in [1.807, 2.05) is 84.5 Å². The number of carbonyl (C=O) groups is 1. The van der Waals surface area contributed by atoms with Crippen molar-refractivity contribution < 1.29 is 4.79 Å². The first kappa shape index (κ1) is 25.8. The molecular weight excluding hydrogens is 516 g/mol. The number of aryl methyl sites for hydroxylation is 2. The van der Waals surface area contributed by atoms with Crippen molar-refractivity contribution in [2.24, 2.45) is 7.05 Å². The van der Waals surface area contributed by atoms with Crippen LogP contribution in [-0.4, -0.2) is 25.8 Å². The first-order valence-corrected chi connectivity index (χ1v) is 13.7. The molecule has 0 aliphatic carbocycles. The number of fused-ring (bicyclic) bond motifs is 1. The standard InChI is InChI=1S/C30H27ClN4O2S/c1-3-20-11-15-24(16-12-20)35-29(37)28-27(25(18-34(28)2)22-7-5-4-6-8-22)33-30(35)38-19-26(36)32-17-21-9-13-23(31)14-10-21/h4-16,18H,3,17,19H2,1-2H3,(H,32,36). The normalized spacial score (nSPS) is 11.1. The van der Waals surface area contributed by atoms with Crippen LogP contribution in [0, 0.1) is 0 Å². The van der Waals surface area contributed by atoms with Crippen LogP contribution in [0.5, 0.6) is 0 Å². The van der Waals surface area contributed by atoms with E-state index in [9.17, 15) is 9.59 Å². The Kier molecular flexibility index (Phi) is 7.67. The Balaban J connectivity index is 1.52. The molecule has 5 rings (SSSR count). The molecule has 3 aromatic carbocycles. The van der Waals surface area contributed by atoms with Crippen LogP contribution in [-0.2, 0) is 24.8 Å². The largest absolute Gasteiger partial charge is 0.351 e. The van der Waals surface area contributed by atoms with Crippen LogP contribution in [0.4, 0.5) is 0 Å². The maximum Gasteiger partial charge on any atom is 0.283 e. The second kappa shape index (κ2) is 11.3. The Bertz CT molecular complexity index is 1640. The van der Waals surface area contributed by atoms with Crippen molar-refractivity contribution in [2.45, 2.75) is 25.0 Å². The third-order valence-corrected chi connectivity index (χ3v) is 7.57. The molecule has 6 nitrogen and oxygen atoms in total. The first-order valence-electron chi connectivity index (χ1n) is 12.4. The molecular formula is C30H27ClN4O2S. The average molecular weight is 543 g/mol. The summed E-state index contributed by atoms with van der Waals surface area (Å²) in [6.45, 7) is 2.49. The van der Waals surface area contributed by atoms with E-state index in [-0.39, 0.29) is 17.2 Å². The molecule has 0 saturated heterocycles. The van der Waals surface area contributed by atoms with Gasteiger partial charge in [0.25, 0.3) is 5.56 Å². The van der Waals surface area contributed by atoms with Crippen molar-refractivity contribution >= 4 is 40.3 Å². The highest BCUT2D eigenvalue weighted by Gasteiger charge is 2.20. The fraction of sp³-hybridized carbons (Fsp3) is 0.167. The monoisotopic (exact) mass is 542 g/mol. The second-order valence-corrected chi connectivity index (χ2v) is 10.3. The molecule has 2 aromatic heterocycles. The second-order valence-electron chi connectivity index (χ2n) is 8.96. The quantitative estimate of drug-likeness (QED) is 0.192. The third kappa shape index (κ3) is 5.39. The van der Waals surface area contributed by atoms with Crippen molar-refractivity contribution in [2.75, 3.05) is 5.75 Å². The van der Waals surface area contributed by atoms with E-state index in [0.717, 1.165) is 23.1 Å². The Morgan fingerprint density at radius 3 is 2.34 bits per heavy atom. The van der Waals surface area contributed by atoms with Gasteiger partial charge in [-0.25, -0.2) is 4.98 Å². The Labute approximate surface area is 230 Å². The van der Waals surface area contributed by atoms with Gasteiger partial charge in [-0.15, -0.1) is 0 Å². The van der Waals surface area contributed by atoms with Crippen molar-refractivity contribution in [3.63, 3.8) is 0 Å². The Morgan fingerprint density at radius 2 is 1.66 bits per heavy atom. The van der Waals surface area contributed by atoms with Gasteiger partial charge in [-0.2, -0.15) is 0 Å². The van der Waals surface area contributed by atoms with Crippen LogP contribution in [0.1, 0.15) is 18.1 Å². The lowest BCUT2D eigenvalue weighted by atomic mass is 10.1. The first-order chi connectivity index (χ1) is 18.4. The molecule has 38 heavy (non-hydrogen) atoms. The molecule has 1 amide bonds. The van der Waals surface area contributed by atoms with Gasteiger partial charge >= 0.3 is 0 Å². The molecule has 192 valence electrons. The molecule has 5 aromatic rings. The van der Waals surface area contributed by atoms with Crippen molar-refractivity contribution in [1.29, 1.82) is 0 Å². The van der Waals surface area contributed by atoms with Gasteiger partial charge in [-0.05, 0) is 47.4 Å². The number of carbonyl (C=O) groups excluding carboxylic acids is 1. The molecule has 0 bridgehead atoms. The number of hydrogen-bond donors (Lipinski definition) is 1. The summed E-state index contributed by atoms with van der Waals surface area (Å²) in [5.41, 5.74) is 5.67. The lowest BCUT2D eigenvalue weighted by Crippen LogP contribution is -2.26. The van der Waals surface area contributed by atoms with E-state index < -0.39 is 0 Å². The van der Waals surface area contributed by atoms with Crippen LogP contribution >= 0.6 is 23.4 Å². The molecule has 1 N–H and O–H groups in total. The number of nitrogens with one attached hydrogen (secondary N) is 1.